The van der Waals surface area contributed by atoms with Gasteiger partial charge in [0, 0.05) is 0 Å². The number of hydrogen-bond donors (Lipinski definition) is 0. The molecule has 1 atom stereocenters. The third-order valence-corrected chi connectivity index (χ3v) is 8.60. The Hall–Kier alpha value is -0.786. The first-order valence-electron chi connectivity index (χ1n) is 8.43. The van der Waals surface area contributed by atoms with Gasteiger partial charge in [0.1, 0.15) is 0 Å². The first kappa shape index (κ1) is 20.5. The van der Waals surface area contributed by atoms with E-state index in [9.17, 15) is 0 Å². The molecular weight excluding hydrogens is 383 g/mol. The van der Waals surface area contributed by atoms with Crippen molar-refractivity contribution < 1.29 is 44.0 Å². The molecule has 25 heavy (non-hydrogen) atoms. The van der Waals surface area contributed by atoms with Gasteiger partial charge in [0.15, 0.2) is 0 Å². The fourth-order valence-corrected chi connectivity index (χ4v) is 6.56. The van der Waals surface area contributed by atoms with Crippen LogP contribution in [-0.2, 0) is 25.6 Å². The molecule has 2 aromatic carbocycles. The Kier molecular flexibility index (Phi) is 6.44. The Labute approximate surface area is 172 Å². The van der Waals surface area contributed by atoms with Crippen LogP contribution < -0.4 is 28.7 Å². The molecule has 1 unspecified atom stereocenters. The zero-order chi connectivity index (χ0) is 16.1. The van der Waals surface area contributed by atoms with Crippen molar-refractivity contribution in [1.82, 2.24) is 0 Å². The molecule has 0 aliphatic heterocycles. The molecule has 0 spiro atoms. The van der Waals surface area contributed by atoms with Crippen molar-refractivity contribution in [3.63, 3.8) is 0 Å². The van der Waals surface area contributed by atoms with E-state index in [-0.39, 0.29) is 44.0 Å². The van der Waals surface area contributed by atoms with Gasteiger partial charge in [-0.25, -0.2) is 0 Å². The van der Waals surface area contributed by atoms with Gasteiger partial charge in [-0.3, -0.25) is 0 Å². The summed E-state index contributed by atoms with van der Waals surface area (Å²) in [5.41, 5.74) is 10.7. The molecule has 0 amide bonds. The van der Waals surface area contributed by atoms with E-state index in [0.717, 1.165) is 6.42 Å². The first-order valence-corrected chi connectivity index (χ1v) is 9.99. The van der Waals surface area contributed by atoms with Crippen LogP contribution in [0.2, 0.25) is 0 Å². The van der Waals surface area contributed by atoms with Gasteiger partial charge < -0.3 is 24.8 Å². The maximum absolute atomic E-state index is 2.39. The van der Waals surface area contributed by atoms with Gasteiger partial charge in [0.25, 0.3) is 0 Å². The average molecular weight is 405 g/mol. The molecule has 0 heterocycles. The van der Waals surface area contributed by atoms with Crippen molar-refractivity contribution in [3.05, 3.63) is 74.2 Å². The molecule has 0 N–H and O–H groups in total. The molecule has 2 aromatic rings. The second kappa shape index (κ2) is 7.84. The molecule has 0 bridgehead atoms. The van der Waals surface area contributed by atoms with Gasteiger partial charge in [-0.2, -0.15) is 0 Å². The van der Waals surface area contributed by atoms with Crippen LogP contribution in [0.4, 0.5) is 0 Å². The topological polar surface area (TPSA) is 0 Å². The van der Waals surface area contributed by atoms with E-state index in [1.54, 1.807) is 24.5 Å². The van der Waals surface area contributed by atoms with Gasteiger partial charge >= 0.3 is 148 Å². The standard InChI is InChI=1S/C13H9.C9H13.2ClH.Ti/c1-3-7-12-10(5-1)9-11-6-2-4-8-13(11)12;1-6-5-7(2)9(4)8(6)3;;;/h1-5,7-8H,9H2;6H,1-4H3;2*1H;/q;;;;+2/p-2. The summed E-state index contributed by atoms with van der Waals surface area (Å²) in [6.07, 6.45) is 1.12. The summed E-state index contributed by atoms with van der Waals surface area (Å²) in [4.78, 5) is 0. The van der Waals surface area contributed by atoms with E-state index < -0.39 is 0 Å². The Morgan fingerprint density at radius 1 is 0.840 bits per heavy atom. The zero-order valence-corrected chi connectivity index (χ0v) is 18.2. The van der Waals surface area contributed by atoms with Crippen LogP contribution >= 0.6 is 0 Å². The van der Waals surface area contributed by atoms with Crippen LogP contribution in [-0.4, -0.2) is 0 Å². The van der Waals surface area contributed by atoms with Crippen LogP contribution in [0.5, 0.6) is 0 Å². The van der Waals surface area contributed by atoms with Crippen molar-refractivity contribution >= 4 is 3.87 Å². The summed E-state index contributed by atoms with van der Waals surface area (Å²) >= 11 is -0.243. The smallest absolute Gasteiger partial charge is 1.00 e. The van der Waals surface area contributed by atoms with Crippen molar-refractivity contribution in [3.8, 4) is 11.1 Å². The maximum Gasteiger partial charge on any atom is -1.00 e. The summed E-state index contributed by atoms with van der Waals surface area (Å²) in [6.45, 7) is 9.34. The van der Waals surface area contributed by atoms with Gasteiger partial charge in [-0.1, -0.05) is 0 Å². The van der Waals surface area contributed by atoms with Crippen molar-refractivity contribution in [2.24, 2.45) is 5.92 Å². The van der Waals surface area contributed by atoms with Crippen LogP contribution in [0.15, 0.2) is 63.1 Å². The molecule has 0 aromatic heterocycles. The van der Waals surface area contributed by atoms with Crippen LogP contribution in [0.1, 0.15) is 38.8 Å². The van der Waals surface area contributed by atoms with E-state index in [1.807, 2.05) is 0 Å². The molecule has 128 valence electrons. The van der Waals surface area contributed by atoms with E-state index in [4.69, 9.17) is 0 Å². The van der Waals surface area contributed by atoms with Crippen LogP contribution in [0.25, 0.3) is 11.1 Å². The number of allylic oxidation sites excluding steroid dienone is 4. The van der Waals surface area contributed by atoms with Crippen LogP contribution in [0, 0.1) is 5.92 Å². The number of rotatable bonds is 2. The van der Waals surface area contributed by atoms with E-state index >= 15 is 0 Å². The van der Waals surface area contributed by atoms with Gasteiger partial charge in [-0.15, -0.1) is 0 Å². The molecule has 4 rings (SSSR count). The van der Waals surface area contributed by atoms with Crippen molar-refractivity contribution in [1.29, 1.82) is 0 Å². The second-order valence-corrected chi connectivity index (χ2v) is 8.93. The zero-order valence-electron chi connectivity index (χ0n) is 15.1. The summed E-state index contributed by atoms with van der Waals surface area (Å²) in [5, 5.41) is 0. The molecule has 2 aliphatic rings. The first-order chi connectivity index (χ1) is 11.1. The van der Waals surface area contributed by atoms with Crippen LogP contribution in [0.3, 0.4) is 0 Å². The third kappa shape index (κ3) is 3.31. The predicted molar refractivity (Wildman–Crippen MR) is 94.6 cm³/mol. The number of benzene rings is 2. The molecule has 0 fully saturated rings. The number of hydrogen-bond acceptors (Lipinski definition) is 0. The van der Waals surface area contributed by atoms with Gasteiger partial charge in [-0.05, 0) is 0 Å². The monoisotopic (exact) mass is 404 g/mol. The number of halogens is 2. The van der Waals surface area contributed by atoms with Gasteiger partial charge in [0.2, 0.25) is 0 Å². The Morgan fingerprint density at radius 3 is 2.20 bits per heavy atom. The molecular formula is C22H22Cl2Ti. The minimum absolute atomic E-state index is 0. The average Bonchev–Trinajstić information content (AvgIpc) is 3.03. The fraction of sp³-hybridized carbons (Fsp3) is 0.273. The minimum atomic E-state index is -0.243. The Bertz CT molecular complexity index is 877. The molecule has 0 radical (unpaired) electrons. The second-order valence-electron chi connectivity index (χ2n) is 6.86. The Morgan fingerprint density at radius 2 is 1.52 bits per heavy atom. The minimum Gasteiger partial charge on any atom is -1.00 e. The summed E-state index contributed by atoms with van der Waals surface area (Å²) in [5.74, 6) is 0.648. The quantitative estimate of drug-likeness (QED) is 0.492. The maximum atomic E-state index is 2.39. The molecule has 0 nitrogen and oxygen atoms in total. The van der Waals surface area contributed by atoms with Gasteiger partial charge in [0.05, 0.1) is 0 Å². The van der Waals surface area contributed by atoms with E-state index in [1.165, 1.54) is 22.3 Å². The molecule has 2 aliphatic carbocycles. The molecule has 0 saturated carbocycles. The summed E-state index contributed by atoms with van der Waals surface area (Å²) in [6, 6.07) is 15.9. The summed E-state index contributed by atoms with van der Waals surface area (Å²) < 4.78 is 3.38. The third-order valence-electron chi connectivity index (χ3n) is 5.76. The molecule has 0 saturated heterocycles. The SMILES string of the molecule is CC1=C(C)C(C)[C]([Ti+2][c]2cccc3c2Cc2ccccc2-3)=C1C.[Cl-].[Cl-]. The summed E-state index contributed by atoms with van der Waals surface area (Å²) in [7, 11) is 0. The molecule has 3 heteroatoms. The van der Waals surface area contributed by atoms with E-state index in [2.05, 4.69) is 70.2 Å². The Balaban J connectivity index is 0.00000113. The predicted octanol–water partition coefficient (Wildman–Crippen LogP) is -0.766. The fourth-order valence-electron chi connectivity index (χ4n) is 3.99. The van der Waals surface area contributed by atoms with Crippen molar-refractivity contribution in [2.75, 3.05) is 0 Å². The normalized spacial score (nSPS) is 17.5. The largest absolute Gasteiger partial charge is 1.00 e. The number of fused-ring (bicyclic) bond motifs is 3. The van der Waals surface area contributed by atoms with E-state index in [0.29, 0.717) is 5.92 Å². The van der Waals surface area contributed by atoms with Crippen molar-refractivity contribution in [2.45, 2.75) is 34.1 Å².